The second-order valence-electron chi connectivity index (χ2n) is 3.44. The van der Waals surface area contributed by atoms with Crippen LogP contribution in [0.15, 0.2) is 39.1 Å². The third-order valence-electron chi connectivity index (χ3n) is 2.22. The zero-order chi connectivity index (χ0) is 12.3. The fourth-order valence-electron chi connectivity index (χ4n) is 1.34. The van der Waals surface area contributed by atoms with E-state index in [4.69, 9.17) is 5.73 Å². The van der Waals surface area contributed by atoms with E-state index in [-0.39, 0.29) is 0 Å². The van der Waals surface area contributed by atoms with Crippen molar-refractivity contribution < 1.29 is 4.21 Å². The van der Waals surface area contributed by atoms with Crippen molar-refractivity contribution in [3.8, 4) is 0 Å². The van der Waals surface area contributed by atoms with Gasteiger partial charge in [-0.3, -0.25) is 4.21 Å². The molecule has 0 amide bonds. The molecule has 17 heavy (non-hydrogen) atoms. The highest BCUT2D eigenvalue weighted by Gasteiger charge is 2.07. The molecule has 6 heteroatoms. The summed E-state index contributed by atoms with van der Waals surface area (Å²) in [6.07, 6.45) is 2.38. The second-order valence-corrected chi connectivity index (χ2v) is 7.22. The number of anilines is 1. The summed E-state index contributed by atoms with van der Waals surface area (Å²) in [7, 11) is -1.00. The van der Waals surface area contributed by atoms with Crippen LogP contribution in [0.2, 0.25) is 0 Å². The molecule has 1 heterocycles. The molecule has 0 bridgehead atoms. The maximum absolute atomic E-state index is 11.9. The van der Waals surface area contributed by atoms with Gasteiger partial charge in [0, 0.05) is 10.2 Å². The number of rotatable bonds is 4. The van der Waals surface area contributed by atoms with Crippen LogP contribution in [0, 0.1) is 0 Å². The van der Waals surface area contributed by atoms with Gasteiger partial charge in [0.05, 0.1) is 17.0 Å². The molecule has 0 radical (unpaired) electrons. The van der Waals surface area contributed by atoms with Crippen molar-refractivity contribution in [1.82, 2.24) is 4.98 Å². The van der Waals surface area contributed by atoms with Gasteiger partial charge in [-0.15, -0.1) is 0 Å². The third kappa shape index (κ3) is 3.62. The molecule has 0 saturated carbocycles. The first-order valence-electron chi connectivity index (χ1n) is 4.99. The van der Waals surface area contributed by atoms with E-state index < -0.39 is 10.8 Å². The second kappa shape index (κ2) is 5.75. The Balaban J connectivity index is 1.94. The van der Waals surface area contributed by atoms with Gasteiger partial charge >= 0.3 is 0 Å². The van der Waals surface area contributed by atoms with Crippen molar-refractivity contribution >= 4 is 43.2 Å². The van der Waals surface area contributed by atoms with Crippen molar-refractivity contribution in [2.24, 2.45) is 0 Å². The van der Waals surface area contributed by atoms with E-state index in [2.05, 4.69) is 20.9 Å². The standard InChI is InChI=1S/C11H11BrN2OS2/c12-9-3-1-8(2-4-9)5-6-17(15)10-7-14-11(13)16-10/h1-4,7H,5-6H2,(H2,13,14). The average Bonchev–Trinajstić information content (AvgIpc) is 2.75. The smallest absolute Gasteiger partial charge is 0.181 e. The van der Waals surface area contributed by atoms with Gasteiger partial charge in [-0.1, -0.05) is 39.4 Å². The van der Waals surface area contributed by atoms with Crippen LogP contribution in [-0.4, -0.2) is 14.9 Å². The lowest BCUT2D eigenvalue weighted by atomic mass is 10.2. The molecule has 1 atom stereocenters. The SMILES string of the molecule is Nc1ncc(S(=O)CCc2ccc(Br)cc2)s1. The van der Waals surface area contributed by atoms with Crippen LogP contribution in [0.3, 0.4) is 0 Å². The lowest BCUT2D eigenvalue weighted by Crippen LogP contribution is -1.99. The van der Waals surface area contributed by atoms with E-state index >= 15 is 0 Å². The largest absolute Gasteiger partial charge is 0.375 e. The Morgan fingerprint density at radius 3 is 2.65 bits per heavy atom. The molecule has 2 N–H and O–H groups in total. The zero-order valence-corrected chi connectivity index (χ0v) is 12.1. The molecule has 0 fully saturated rings. The van der Waals surface area contributed by atoms with Crippen LogP contribution in [0.5, 0.6) is 0 Å². The van der Waals surface area contributed by atoms with Gasteiger partial charge in [-0.25, -0.2) is 4.98 Å². The van der Waals surface area contributed by atoms with E-state index in [0.717, 1.165) is 15.1 Å². The van der Waals surface area contributed by atoms with Crippen LogP contribution in [0.25, 0.3) is 0 Å². The molecule has 0 spiro atoms. The molecule has 1 unspecified atom stereocenters. The van der Waals surface area contributed by atoms with Crippen LogP contribution >= 0.6 is 27.3 Å². The van der Waals surface area contributed by atoms with Gasteiger partial charge in [-0.2, -0.15) is 0 Å². The molecule has 2 aromatic rings. The number of halogens is 1. The fraction of sp³-hybridized carbons (Fsp3) is 0.182. The van der Waals surface area contributed by atoms with E-state index in [9.17, 15) is 4.21 Å². The molecular weight excluding hydrogens is 320 g/mol. The van der Waals surface area contributed by atoms with Gasteiger partial charge < -0.3 is 5.73 Å². The number of thiazole rings is 1. The highest BCUT2D eigenvalue weighted by atomic mass is 79.9. The first-order valence-corrected chi connectivity index (χ1v) is 7.92. The fourth-order valence-corrected chi connectivity index (χ4v) is 3.69. The molecule has 0 saturated heterocycles. The Kier molecular flexibility index (Phi) is 4.31. The molecule has 1 aromatic carbocycles. The van der Waals surface area contributed by atoms with Crippen LogP contribution in [-0.2, 0) is 17.2 Å². The quantitative estimate of drug-likeness (QED) is 0.937. The maximum Gasteiger partial charge on any atom is 0.181 e. The molecular formula is C11H11BrN2OS2. The first-order chi connectivity index (χ1) is 8.15. The topological polar surface area (TPSA) is 56.0 Å². The van der Waals surface area contributed by atoms with E-state index in [1.165, 1.54) is 16.9 Å². The zero-order valence-electron chi connectivity index (χ0n) is 8.93. The Morgan fingerprint density at radius 2 is 2.06 bits per heavy atom. The Morgan fingerprint density at radius 1 is 1.35 bits per heavy atom. The predicted octanol–water partition coefficient (Wildman–Crippen LogP) is 2.84. The normalized spacial score (nSPS) is 12.5. The van der Waals surface area contributed by atoms with Crippen LogP contribution in [0.4, 0.5) is 5.13 Å². The van der Waals surface area contributed by atoms with E-state index in [1.807, 2.05) is 24.3 Å². The van der Waals surface area contributed by atoms with Crippen molar-refractivity contribution in [1.29, 1.82) is 0 Å². The summed E-state index contributed by atoms with van der Waals surface area (Å²) >= 11 is 4.68. The Bertz CT molecular complexity index is 525. The number of benzene rings is 1. The number of nitrogen functional groups attached to an aromatic ring is 1. The van der Waals surface area contributed by atoms with Gasteiger partial charge in [0.25, 0.3) is 0 Å². The lowest BCUT2D eigenvalue weighted by Gasteiger charge is -2.00. The van der Waals surface area contributed by atoms with Crippen molar-refractivity contribution in [2.75, 3.05) is 11.5 Å². The number of aryl methyl sites for hydroxylation is 1. The summed E-state index contributed by atoms with van der Waals surface area (Å²) < 4.78 is 13.7. The van der Waals surface area contributed by atoms with Gasteiger partial charge in [0.2, 0.25) is 0 Å². The molecule has 3 nitrogen and oxygen atoms in total. The number of nitrogens with zero attached hydrogens (tertiary/aromatic N) is 1. The maximum atomic E-state index is 11.9. The molecule has 0 aliphatic carbocycles. The number of hydrogen-bond donors (Lipinski definition) is 1. The van der Waals surface area contributed by atoms with Crippen molar-refractivity contribution in [2.45, 2.75) is 10.6 Å². The van der Waals surface area contributed by atoms with Gasteiger partial charge in [0.1, 0.15) is 4.21 Å². The van der Waals surface area contributed by atoms with E-state index in [0.29, 0.717) is 10.9 Å². The van der Waals surface area contributed by atoms with Crippen molar-refractivity contribution in [3.63, 3.8) is 0 Å². The van der Waals surface area contributed by atoms with E-state index in [1.54, 1.807) is 6.20 Å². The highest BCUT2D eigenvalue weighted by Crippen LogP contribution is 2.19. The Labute approximate surface area is 115 Å². The number of aromatic nitrogens is 1. The molecule has 90 valence electrons. The summed E-state index contributed by atoms with van der Waals surface area (Å²) in [6.45, 7) is 0. The summed E-state index contributed by atoms with van der Waals surface area (Å²) in [5, 5.41) is 0.469. The third-order valence-corrected chi connectivity index (χ3v) is 5.30. The minimum Gasteiger partial charge on any atom is -0.375 e. The molecule has 2 rings (SSSR count). The van der Waals surface area contributed by atoms with Crippen LogP contribution < -0.4 is 5.73 Å². The summed E-state index contributed by atoms with van der Waals surface area (Å²) in [4.78, 5) is 3.90. The molecule has 1 aromatic heterocycles. The minimum absolute atomic E-state index is 0.469. The number of nitrogens with two attached hydrogens (primary N) is 1. The van der Waals surface area contributed by atoms with Gasteiger partial charge in [-0.05, 0) is 24.1 Å². The monoisotopic (exact) mass is 330 g/mol. The Hall–Kier alpha value is -0.720. The summed E-state index contributed by atoms with van der Waals surface area (Å²) in [6, 6.07) is 8.04. The molecule has 0 aliphatic rings. The predicted molar refractivity (Wildman–Crippen MR) is 75.6 cm³/mol. The first kappa shape index (κ1) is 12.7. The number of hydrogen-bond acceptors (Lipinski definition) is 4. The minimum atomic E-state index is -1.00. The lowest BCUT2D eigenvalue weighted by molar-refractivity contribution is 0.683. The molecule has 0 aliphatic heterocycles. The van der Waals surface area contributed by atoms with Gasteiger partial charge in [0.15, 0.2) is 5.13 Å². The summed E-state index contributed by atoms with van der Waals surface area (Å²) in [5.41, 5.74) is 6.69. The van der Waals surface area contributed by atoms with Crippen molar-refractivity contribution in [3.05, 3.63) is 40.5 Å². The highest BCUT2D eigenvalue weighted by molar-refractivity contribution is 9.10. The summed E-state index contributed by atoms with van der Waals surface area (Å²) in [5.74, 6) is 0.600. The average molecular weight is 331 g/mol. The van der Waals surface area contributed by atoms with Crippen LogP contribution in [0.1, 0.15) is 5.56 Å².